The molecule has 0 amide bonds. The molecule has 1 aromatic carbocycles. The number of carbonyl (C=O) groups is 1. The normalized spacial score (nSPS) is 10.9. The minimum atomic E-state index is -4.72. The summed E-state index contributed by atoms with van der Waals surface area (Å²) >= 11 is -0.727. The third kappa shape index (κ3) is 4.13. The van der Waals surface area contributed by atoms with Crippen molar-refractivity contribution in [2.45, 2.75) is 17.3 Å². The smallest absolute Gasteiger partial charge is 0.446 e. The first-order valence-electron chi connectivity index (χ1n) is 4.95. The second-order valence-corrected chi connectivity index (χ2v) is 4.32. The molecule has 0 radical (unpaired) electrons. The van der Waals surface area contributed by atoms with Gasteiger partial charge >= 0.3 is 11.5 Å². The molecule has 0 aromatic heterocycles. The van der Waals surface area contributed by atoms with Gasteiger partial charge in [-0.1, -0.05) is 0 Å². The van der Waals surface area contributed by atoms with Crippen LogP contribution in [0.4, 0.5) is 17.6 Å². The van der Waals surface area contributed by atoms with Gasteiger partial charge in [0.25, 0.3) is 0 Å². The molecule has 0 saturated carbocycles. The first-order valence-corrected chi connectivity index (χ1v) is 5.76. The number of hydrogen-bond acceptors (Lipinski definition) is 4. The van der Waals surface area contributed by atoms with E-state index in [1.54, 1.807) is 0 Å². The van der Waals surface area contributed by atoms with E-state index in [0.717, 1.165) is 6.07 Å². The standard InChI is InChI=1S/C11H7F4NO2S/c1-2-18-10(17)6-3-7(5-16)9(12)8(4-6)19-11(13,14)15/h3-4H,2H2,1H3. The number of esters is 1. The van der Waals surface area contributed by atoms with Gasteiger partial charge in [-0.05, 0) is 30.8 Å². The summed E-state index contributed by atoms with van der Waals surface area (Å²) in [6, 6.07) is 2.96. The van der Waals surface area contributed by atoms with Crippen molar-refractivity contribution in [3.05, 3.63) is 29.1 Å². The largest absolute Gasteiger partial charge is 0.462 e. The van der Waals surface area contributed by atoms with Crippen molar-refractivity contribution in [1.82, 2.24) is 0 Å². The van der Waals surface area contributed by atoms with Gasteiger partial charge in [0.15, 0.2) is 5.82 Å². The van der Waals surface area contributed by atoms with Crippen LogP contribution in [0.3, 0.4) is 0 Å². The number of nitrogens with zero attached hydrogens (tertiary/aromatic N) is 1. The third-order valence-corrected chi connectivity index (χ3v) is 2.64. The summed E-state index contributed by atoms with van der Waals surface area (Å²) in [4.78, 5) is 10.6. The Kier molecular flexibility index (Phi) is 4.78. The lowest BCUT2D eigenvalue weighted by molar-refractivity contribution is -0.0329. The SMILES string of the molecule is CCOC(=O)c1cc(C#N)c(F)c(SC(F)(F)F)c1. The molecule has 0 bridgehead atoms. The number of thioether (sulfide) groups is 1. The number of nitriles is 1. The summed E-state index contributed by atoms with van der Waals surface area (Å²) in [6.45, 7) is 1.53. The molecule has 0 aliphatic rings. The molecule has 0 heterocycles. The van der Waals surface area contributed by atoms with Crippen LogP contribution in [0, 0.1) is 17.1 Å². The zero-order chi connectivity index (χ0) is 14.6. The molecule has 1 aromatic rings. The first-order chi connectivity index (χ1) is 8.78. The molecule has 0 unspecified atom stereocenters. The highest BCUT2D eigenvalue weighted by atomic mass is 32.2. The van der Waals surface area contributed by atoms with Gasteiger partial charge in [-0.3, -0.25) is 0 Å². The van der Waals surface area contributed by atoms with E-state index in [0.29, 0.717) is 6.07 Å². The van der Waals surface area contributed by atoms with Crippen LogP contribution in [-0.4, -0.2) is 18.1 Å². The predicted octanol–water partition coefficient (Wildman–Crippen LogP) is 3.49. The van der Waals surface area contributed by atoms with Gasteiger partial charge in [-0.25, -0.2) is 9.18 Å². The molecule has 102 valence electrons. The van der Waals surface area contributed by atoms with Crippen molar-refractivity contribution in [3.8, 4) is 6.07 Å². The molecule has 0 saturated heterocycles. The van der Waals surface area contributed by atoms with Gasteiger partial charge in [-0.15, -0.1) is 0 Å². The molecular formula is C11H7F4NO2S. The molecule has 3 nitrogen and oxygen atoms in total. The molecule has 0 fully saturated rings. The molecular weight excluding hydrogens is 286 g/mol. The van der Waals surface area contributed by atoms with Crippen LogP contribution in [0.2, 0.25) is 0 Å². The Hall–Kier alpha value is -1.75. The monoisotopic (exact) mass is 293 g/mol. The Bertz CT molecular complexity index is 537. The number of ether oxygens (including phenoxy) is 1. The van der Waals surface area contributed by atoms with E-state index in [2.05, 4.69) is 4.74 Å². The number of alkyl halides is 3. The third-order valence-electron chi connectivity index (χ3n) is 1.90. The summed E-state index contributed by atoms with van der Waals surface area (Å²) in [5.41, 5.74) is -5.66. The van der Waals surface area contributed by atoms with Gasteiger partial charge in [0.1, 0.15) is 6.07 Å². The van der Waals surface area contributed by atoms with Gasteiger partial charge in [0.2, 0.25) is 0 Å². The zero-order valence-corrected chi connectivity index (χ0v) is 10.4. The molecule has 0 spiro atoms. The number of rotatable bonds is 3. The van der Waals surface area contributed by atoms with Crippen LogP contribution in [0.5, 0.6) is 0 Å². The Morgan fingerprint density at radius 1 is 1.47 bits per heavy atom. The van der Waals surface area contributed by atoms with E-state index < -0.39 is 39.5 Å². The fourth-order valence-corrected chi connectivity index (χ4v) is 1.85. The van der Waals surface area contributed by atoms with Crippen molar-refractivity contribution in [1.29, 1.82) is 5.26 Å². The molecule has 0 aliphatic heterocycles. The minimum absolute atomic E-state index is 0.0137. The number of halogens is 4. The summed E-state index contributed by atoms with van der Waals surface area (Å²) in [6.07, 6.45) is 0. The number of hydrogen-bond donors (Lipinski definition) is 0. The Morgan fingerprint density at radius 2 is 2.11 bits per heavy atom. The lowest BCUT2D eigenvalue weighted by atomic mass is 10.1. The average Bonchev–Trinajstić information content (AvgIpc) is 2.30. The second-order valence-electron chi connectivity index (χ2n) is 3.22. The lowest BCUT2D eigenvalue weighted by Crippen LogP contribution is -2.08. The quantitative estimate of drug-likeness (QED) is 0.486. The van der Waals surface area contributed by atoms with Gasteiger partial charge in [0.05, 0.1) is 22.6 Å². The lowest BCUT2D eigenvalue weighted by Gasteiger charge is -2.09. The zero-order valence-electron chi connectivity index (χ0n) is 9.55. The molecule has 8 heteroatoms. The number of carbonyl (C=O) groups excluding carboxylic acids is 1. The van der Waals surface area contributed by atoms with Crippen LogP contribution in [-0.2, 0) is 4.74 Å². The van der Waals surface area contributed by atoms with E-state index in [1.807, 2.05) is 0 Å². The van der Waals surface area contributed by atoms with E-state index in [-0.39, 0.29) is 12.2 Å². The van der Waals surface area contributed by atoms with E-state index in [4.69, 9.17) is 5.26 Å². The summed E-state index contributed by atoms with van der Waals surface area (Å²) < 4.78 is 54.8. The maximum Gasteiger partial charge on any atom is 0.446 e. The summed E-state index contributed by atoms with van der Waals surface area (Å²) in [7, 11) is 0. The van der Waals surface area contributed by atoms with Crippen LogP contribution in [0.1, 0.15) is 22.8 Å². The van der Waals surface area contributed by atoms with E-state index in [1.165, 1.54) is 13.0 Å². The predicted molar refractivity (Wildman–Crippen MR) is 59.0 cm³/mol. The Labute approximate surface area is 110 Å². The van der Waals surface area contributed by atoms with Crippen LogP contribution in [0.15, 0.2) is 17.0 Å². The van der Waals surface area contributed by atoms with Crippen LogP contribution < -0.4 is 0 Å². The maximum atomic E-state index is 13.5. The van der Waals surface area contributed by atoms with Gasteiger partial charge in [0, 0.05) is 0 Å². The van der Waals surface area contributed by atoms with Crippen molar-refractivity contribution >= 4 is 17.7 Å². The van der Waals surface area contributed by atoms with E-state index in [9.17, 15) is 22.4 Å². The second kappa shape index (κ2) is 5.93. The fourth-order valence-electron chi connectivity index (χ4n) is 1.21. The molecule has 0 N–H and O–H groups in total. The molecule has 0 atom stereocenters. The van der Waals surface area contributed by atoms with Gasteiger partial charge < -0.3 is 4.74 Å². The topological polar surface area (TPSA) is 50.1 Å². The molecule has 1 rings (SSSR count). The highest BCUT2D eigenvalue weighted by molar-refractivity contribution is 8.00. The molecule has 19 heavy (non-hydrogen) atoms. The first kappa shape index (κ1) is 15.3. The Morgan fingerprint density at radius 3 is 2.58 bits per heavy atom. The van der Waals surface area contributed by atoms with Crippen molar-refractivity contribution < 1.29 is 27.1 Å². The minimum Gasteiger partial charge on any atom is -0.462 e. The summed E-state index contributed by atoms with van der Waals surface area (Å²) in [5.74, 6) is -2.22. The van der Waals surface area contributed by atoms with Crippen molar-refractivity contribution in [3.63, 3.8) is 0 Å². The highest BCUT2D eigenvalue weighted by Gasteiger charge is 2.32. The Balaban J connectivity index is 3.27. The van der Waals surface area contributed by atoms with E-state index >= 15 is 0 Å². The highest BCUT2D eigenvalue weighted by Crippen LogP contribution is 2.39. The van der Waals surface area contributed by atoms with Crippen molar-refractivity contribution in [2.75, 3.05) is 6.61 Å². The van der Waals surface area contributed by atoms with Gasteiger partial charge in [-0.2, -0.15) is 18.4 Å². The van der Waals surface area contributed by atoms with Crippen molar-refractivity contribution in [2.24, 2.45) is 0 Å². The summed E-state index contributed by atoms with van der Waals surface area (Å²) in [5, 5.41) is 8.64. The number of benzene rings is 1. The van der Waals surface area contributed by atoms with Crippen LogP contribution in [0.25, 0.3) is 0 Å². The average molecular weight is 293 g/mol. The van der Waals surface area contributed by atoms with Crippen LogP contribution >= 0.6 is 11.8 Å². The fraction of sp³-hybridized carbons (Fsp3) is 0.273. The molecule has 0 aliphatic carbocycles. The maximum absolute atomic E-state index is 13.5.